The van der Waals surface area contributed by atoms with Gasteiger partial charge in [0.1, 0.15) is 11.8 Å². The fourth-order valence-electron chi connectivity index (χ4n) is 2.09. The van der Waals surface area contributed by atoms with Crippen molar-refractivity contribution < 1.29 is 19.7 Å². The van der Waals surface area contributed by atoms with E-state index < -0.39 is 6.04 Å². The Balaban J connectivity index is 2.22. The summed E-state index contributed by atoms with van der Waals surface area (Å²) in [5.74, 6) is 0.333. The van der Waals surface area contributed by atoms with Crippen molar-refractivity contribution in [1.82, 2.24) is 10.3 Å². The second kappa shape index (κ2) is 6.43. The average molecular weight is 298 g/mol. The minimum absolute atomic E-state index is 0.0612. The molecule has 0 unspecified atom stereocenters. The zero-order valence-electron chi connectivity index (χ0n) is 11.4. The molecule has 2 rings (SSSR count). The molecule has 0 spiro atoms. The summed E-state index contributed by atoms with van der Waals surface area (Å²) < 4.78 is 4.98. The molecule has 1 aliphatic heterocycles. The molecule has 3 N–H and O–H groups in total. The molecule has 1 fully saturated rings. The van der Waals surface area contributed by atoms with Crippen LogP contribution in [0.4, 0.5) is 0 Å². The Bertz CT molecular complexity index is 509. The number of thioether (sulfide) groups is 1. The molecule has 0 aromatic carbocycles. The molecule has 110 valence electrons. The number of aryl methyl sites for hydroxylation is 1. The standard InChI is InChI=1S/C13H18N2O4S/c1-3-19-13(18)9-6-20-12(15-9)10-8(5-16)4-14-7(2)11(10)17/h4,9,12,15-17H,3,5-6H2,1-2H3/t9-,12+/m1/s1. The van der Waals surface area contributed by atoms with Crippen molar-refractivity contribution in [2.45, 2.75) is 31.9 Å². The lowest BCUT2D eigenvalue weighted by molar-refractivity contribution is -0.144. The van der Waals surface area contributed by atoms with E-state index in [0.717, 1.165) is 0 Å². The number of aliphatic hydroxyl groups is 1. The van der Waals surface area contributed by atoms with E-state index in [1.807, 2.05) is 0 Å². The lowest BCUT2D eigenvalue weighted by Crippen LogP contribution is -2.35. The van der Waals surface area contributed by atoms with Crippen LogP contribution in [-0.2, 0) is 16.1 Å². The maximum Gasteiger partial charge on any atom is 0.324 e. The molecule has 2 atom stereocenters. The van der Waals surface area contributed by atoms with Crippen LogP contribution in [0, 0.1) is 6.92 Å². The predicted octanol–water partition coefficient (Wildman–Crippen LogP) is 0.855. The molecule has 7 heteroatoms. The smallest absolute Gasteiger partial charge is 0.324 e. The minimum Gasteiger partial charge on any atom is -0.506 e. The van der Waals surface area contributed by atoms with Crippen molar-refractivity contribution in [2.24, 2.45) is 0 Å². The van der Waals surface area contributed by atoms with Gasteiger partial charge in [-0.2, -0.15) is 0 Å². The summed E-state index contributed by atoms with van der Waals surface area (Å²) in [6.07, 6.45) is 1.55. The SMILES string of the molecule is CCOC(=O)[C@H]1CS[C@@H](c2c(CO)cnc(C)c2O)N1. The maximum absolute atomic E-state index is 11.7. The van der Waals surface area contributed by atoms with Crippen molar-refractivity contribution in [2.75, 3.05) is 12.4 Å². The van der Waals surface area contributed by atoms with E-state index in [2.05, 4.69) is 10.3 Å². The molecule has 1 aromatic rings. The molecule has 1 aliphatic rings. The molecular weight excluding hydrogens is 280 g/mol. The number of hydrogen-bond acceptors (Lipinski definition) is 7. The average Bonchev–Trinajstić information content (AvgIpc) is 2.91. The molecule has 0 radical (unpaired) electrons. The first-order valence-corrected chi connectivity index (χ1v) is 7.45. The number of carbonyl (C=O) groups is 1. The fourth-order valence-corrected chi connectivity index (χ4v) is 3.40. The summed E-state index contributed by atoms with van der Waals surface area (Å²) in [6, 6.07) is -0.399. The molecular formula is C13H18N2O4S. The van der Waals surface area contributed by atoms with Gasteiger partial charge in [0.2, 0.25) is 0 Å². The number of esters is 1. The van der Waals surface area contributed by atoms with Gasteiger partial charge in [0.25, 0.3) is 0 Å². The second-order valence-electron chi connectivity index (χ2n) is 4.47. The van der Waals surface area contributed by atoms with E-state index in [1.165, 1.54) is 11.8 Å². The topological polar surface area (TPSA) is 91.7 Å². The maximum atomic E-state index is 11.7. The summed E-state index contributed by atoms with van der Waals surface area (Å²) in [4.78, 5) is 15.7. The van der Waals surface area contributed by atoms with Gasteiger partial charge in [-0.1, -0.05) is 0 Å². The molecule has 6 nitrogen and oxygen atoms in total. The van der Waals surface area contributed by atoms with Gasteiger partial charge in [0, 0.05) is 23.1 Å². The molecule has 0 saturated carbocycles. The third kappa shape index (κ3) is 2.89. The third-order valence-corrected chi connectivity index (χ3v) is 4.37. The number of aliphatic hydroxyl groups excluding tert-OH is 1. The second-order valence-corrected chi connectivity index (χ2v) is 5.61. The monoisotopic (exact) mass is 298 g/mol. The number of nitrogens with one attached hydrogen (secondary N) is 1. The molecule has 2 heterocycles. The van der Waals surface area contributed by atoms with Crippen molar-refractivity contribution in [3.63, 3.8) is 0 Å². The summed E-state index contributed by atoms with van der Waals surface area (Å²) in [6.45, 7) is 3.59. The number of nitrogens with zero attached hydrogens (tertiary/aromatic N) is 1. The van der Waals surface area contributed by atoms with E-state index in [1.54, 1.807) is 20.0 Å². The van der Waals surface area contributed by atoms with E-state index >= 15 is 0 Å². The van der Waals surface area contributed by atoms with E-state index in [-0.39, 0.29) is 23.7 Å². The quantitative estimate of drug-likeness (QED) is 0.710. The van der Waals surface area contributed by atoms with Crippen molar-refractivity contribution >= 4 is 17.7 Å². The highest BCUT2D eigenvalue weighted by Gasteiger charge is 2.34. The van der Waals surface area contributed by atoms with Crippen LogP contribution in [0.3, 0.4) is 0 Å². The first-order chi connectivity index (χ1) is 9.58. The van der Waals surface area contributed by atoms with Gasteiger partial charge < -0.3 is 14.9 Å². The van der Waals surface area contributed by atoms with E-state index in [0.29, 0.717) is 29.2 Å². The number of hydrogen-bond donors (Lipinski definition) is 3. The van der Waals surface area contributed by atoms with Gasteiger partial charge in [-0.05, 0) is 13.8 Å². The van der Waals surface area contributed by atoms with Gasteiger partial charge in [-0.3, -0.25) is 15.1 Å². The summed E-state index contributed by atoms with van der Waals surface area (Å²) in [7, 11) is 0. The zero-order chi connectivity index (χ0) is 14.7. The molecule has 1 aromatic heterocycles. The molecule has 1 saturated heterocycles. The largest absolute Gasteiger partial charge is 0.506 e. The van der Waals surface area contributed by atoms with Gasteiger partial charge in [0.05, 0.1) is 24.3 Å². The van der Waals surface area contributed by atoms with Gasteiger partial charge in [0.15, 0.2) is 0 Å². The highest BCUT2D eigenvalue weighted by atomic mass is 32.2. The Kier molecular flexibility index (Phi) is 4.85. The Labute approximate surface area is 121 Å². The van der Waals surface area contributed by atoms with Crippen molar-refractivity contribution in [3.05, 3.63) is 23.0 Å². The van der Waals surface area contributed by atoms with Crippen LogP contribution in [-0.4, -0.2) is 39.6 Å². The van der Waals surface area contributed by atoms with Crippen LogP contribution in [0.2, 0.25) is 0 Å². The molecule has 0 amide bonds. The van der Waals surface area contributed by atoms with Gasteiger partial charge in [-0.25, -0.2) is 0 Å². The van der Waals surface area contributed by atoms with E-state index in [4.69, 9.17) is 4.74 Å². The number of rotatable bonds is 4. The predicted molar refractivity (Wildman–Crippen MR) is 75.3 cm³/mol. The molecule has 20 heavy (non-hydrogen) atoms. The van der Waals surface area contributed by atoms with Crippen molar-refractivity contribution in [3.8, 4) is 5.75 Å². The Morgan fingerprint density at radius 3 is 3.05 bits per heavy atom. The molecule has 0 aliphatic carbocycles. The molecule has 0 bridgehead atoms. The van der Waals surface area contributed by atoms with Crippen molar-refractivity contribution in [1.29, 1.82) is 0 Å². The fraction of sp³-hybridized carbons (Fsp3) is 0.538. The number of aromatic hydroxyl groups is 1. The Morgan fingerprint density at radius 1 is 1.65 bits per heavy atom. The van der Waals surface area contributed by atoms with Crippen LogP contribution in [0.25, 0.3) is 0 Å². The van der Waals surface area contributed by atoms with Crippen LogP contribution in [0.5, 0.6) is 5.75 Å². The number of pyridine rings is 1. The summed E-state index contributed by atoms with van der Waals surface area (Å²) in [5.41, 5.74) is 1.65. The number of carbonyl (C=O) groups excluding carboxylic acids is 1. The van der Waals surface area contributed by atoms with Crippen LogP contribution < -0.4 is 5.32 Å². The van der Waals surface area contributed by atoms with Crippen LogP contribution in [0.15, 0.2) is 6.20 Å². The first kappa shape index (κ1) is 15.1. The summed E-state index contributed by atoms with van der Waals surface area (Å²) in [5, 5.41) is 22.4. The first-order valence-electron chi connectivity index (χ1n) is 6.41. The Hall–Kier alpha value is -1.31. The van der Waals surface area contributed by atoms with Gasteiger partial charge in [-0.15, -0.1) is 11.8 Å². The third-order valence-electron chi connectivity index (χ3n) is 3.14. The number of aromatic nitrogens is 1. The van der Waals surface area contributed by atoms with Gasteiger partial charge >= 0.3 is 5.97 Å². The van der Waals surface area contributed by atoms with Crippen LogP contribution in [0.1, 0.15) is 29.1 Å². The number of ether oxygens (including phenoxy) is 1. The van der Waals surface area contributed by atoms with E-state index in [9.17, 15) is 15.0 Å². The summed E-state index contributed by atoms with van der Waals surface area (Å²) >= 11 is 1.50. The lowest BCUT2D eigenvalue weighted by atomic mass is 10.1. The van der Waals surface area contributed by atoms with Crippen LogP contribution >= 0.6 is 11.8 Å². The lowest BCUT2D eigenvalue weighted by Gasteiger charge is -2.18. The highest BCUT2D eigenvalue weighted by Crippen LogP contribution is 2.40. The normalized spacial score (nSPS) is 21.9. The highest BCUT2D eigenvalue weighted by molar-refractivity contribution is 7.99. The zero-order valence-corrected chi connectivity index (χ0v) is 12.2. The minimum atomic E-state index is -0.399. The Morgan fingerprint density at radius 2 is 2.40 bits per heavy atom.